The molecule has 1 aromatic carbocycles. The zero-order valence-corrected chi connectivity index (χ0v) is 14.2. The molecule has 0 aliphatic carbocycles. The predicted molar refractivity (Wildman–Crippen MR) is 93.2 cm³/mol. The Hall–Kier alpha value is -2.19. The van der Waals surface area contributed by atoms with Gasteiger partial charge >= 0.3 is 0 Å². The van der Waals surface area contributed by atoms with Crippen molar-refractivity contribution in [1.82, 2.24) is 18.9 Å². The van der Waals surface area contributed by atoms with Gasteiger partial charge in [0.05, 0.1) is 23.7 Å². The zero-order valence-electron chi connectivity index (χ0n) is 13.4. The molecule has 0 bridgehead atoms. The fourth-order valence-corrected chi connectivity index (χ4v) is 2.84. The van der Waals surface area contributed by atoms with Crippen molar-refractivity contribution in [3.63, 3.8) is 0 Å². The summed E-state index contributed by atoms with van der Waals surface area (Å²) in [6.45, 7) is 2.72. The number of anilines is 2. The Morgan fingerprint density at radius 3 is 2.78 bits per heavy atom. The molecule has 0 fully saturated rings. The number of rotatable bonds is 6. The lowest BCUT2D eigenvalue weighted by atomic mass is 10.3. The second kappa shape index (κ2) is 6.51. The average Bonchev–Trinajstić information content (AvgIpc) is 3.11. The monoisotopic (exact) mass is 332 g/mol. The smallest absolute Gasteiger partial charge is 0.204 e. The number of fused-ring (bicyclic) bond motifs is 1. The van der Waals surface area contributed by atoms with Crippen LogP contribution in [0.15, 0.2) is 24.3 Å². The summed E-state index contributed by atoms with van der Waals surface area (Å²) in [6.07, 6.45) is -0.444. The van der Waals surface area contributed by atoms with Crippen molar-refractivity contribution in [1.29, 1.82) is 0 Å². The van der Waals surface area contributed by atoms with E-state index in [9.17, 15) is 5.11 Å². The molecule has 1 atom stereocenters. The minimum absolute atomic E-state index is 0.441. The Balaban J connectivity index is 1.94. The minimum atomic E-state index is -0.444. The molecule has 0 aliphatic heterocycles. The van der Waals surface area contributed by atoms with Crippen LogP contribution < -0.4 is 10.2 Å². The molecular formula is C15H20N6OS. The van der Waals surface area contributed by atoms with Gasteiger partial charge in [-0.2, -0.15) is 4.37 Å². The highest BCUT2D eigenvalue weighted by Crippen LogP contribution is 2.22. The summed E-state index contributed by atoms with van der Waals surface area (Å²) in [7, 11) is 3.90. The number of aromatic nitrogens is 4. The van der Waals surface area contributed by atoms with E-state index in [1.165, 1.54) is 11.5 Å². The van der Waals surface area contributed by atoms with Gasteiger partial charge in [-0.25, -0.2) is 9.97 Å². The van der Waals surface area contributed by atoms with Crippen LogP contribution in [0, 0.1) is 0 Å². The molecule has 2 N–H and O–H groups in total. The maximum absolute atomic E-state index is 9.51. The molecule has 0 unspecified atom stereocenters. The SMILES string of the molecule is C[C@@H](O)CNc1nc2ccccc2n1Cc1nsc(N(C)C)n1. The average molecular weight is 332 g/mol. The van der Waals surface area contributed by atoms with Gasteiger partial charge in [0, 0.05) is 32.2 Å². The highest BCUT2D eigenvalue weighted by atomic mass is 32.1. The highest BCUT2D eigenvalue weighted by Gasteiger charge is 2.14. The maximum Gasteiger partial charge on any atom is 0.204 e. The third-order valence-electron chi connectivity index (χ3n) is 3.35. The van der Waals surface area contributed by atoms with Crippen LogP contribution in [-0.2, 0) is 6.54 Å². The van der Waals surface area contributed by atoms with Crippen LogP contribution in [0.1, 0.15) is 12.7 Å². The number of aliphatic hydroxyl groups excluding tert-OH is 1. The second-order valence-electron chi connectivity index (χ2n) is 5.63. The van der Waals surface area contributed by atoms with Crippen LogP contribution in [0.25, 0.3) is 11.0 Å². The van der Waals surface area contributed by atoms with Crippen molar-refractivity contribution < 1.29 is 5.11 Å². The molecule has 0 amide bonds. The van der Waals surface area contributed by atoms with Crippen molar-refractivity contribution in [2.24, 2.45) is 0 Å². The van der Waals surface area contributed by atoms with Crippen molar-refractivity contribution in [3.05, 3.63) is 30.1 Å². The first kappa shape index (κ1) is 15.7. The third-order valence-corrected chi connectivity index (χ3v) is 4.27. The van der Waals surface area contributed by atoms with Gasteiger partial charge in [-0.1, -0.05) is 12.1 Å². The first-order valence-corrected chi connectivity index (χ1v) is 8.19. The van der Waals surface area contributed by atoms with Crippen LogP contribution in [0.5, 0.6) is 0 Å². The van der Waals surface area contributed by atoms with Crippen molar-refractivity contribution in [2.45, 2.75) is 19.6 Å². The fourth-order valence-electron chi connectivity index (χ4n) is 2.24. The summed E-state index contributed by atoms with van der Waals surface area (Å²) in [5.74, 6) is 1.47. The lowest BCUT2D eigenvalue weighted by molar-refractivity contribution is 0.208. The molecule has 3 aromatic rings. The molecule has 0 radical (unpaired) electrons. The second-order valence-corrected chi connectivity index (χ2v) is 6.36. The Kier molecular flexibility index (Phi) is 4.44. The molecule has 3 rings (SSSR count). The van der Waals surface area contributed by atoms with Gasteiger partial charge in [-0.3, -0.25) is 0 Å². The summed E-state index contributed by atoms with van der Waals surface area (Å²) in [6, 6.07) is 7.94. The van der Waals surface area contributed by atoms with E-state index in [2.05, 4.69) is 19.7 Å². The van der Waals surface area contributed by atoms with Gasteiger partial charge < -0.3 is 19.9 Å². The van der Waals surface area contributed by atoms with E-state index in [0.29, 0.717) is 19.0 Å². The lowest BCUT2D eigenvalue weighted by Gasteiger charge is -2.10. The van der Waals surface area contributed by atoms with Crippen LogP contribution in [0.4, 0.5) is 11.1 Å². The number of nitrogens with zero attached hydrogens (tertiary/aromatic N) is 5. The zero-order chi connectivity index (χ0) is 16.4. The molecule has 7 nitrogen and oxygen atoms in total. The van der Waals surface area contributed by atoms with Gasteiger partial charge in [-0.15, -0.1) is 0 Å². The van der Waals surface area contributed by atoms with Crippen LogP contribution >= 0.6 is 11.5 Å². The highest BCUT2D eigenvalue weighted by molar-refractivity contribution is 7.09. The van der Waals surface area contributed by atoms with E-state index in [4.69, 9.17) is 0 Å². The van der Waals surface area contributed by atoms with Gasteiger partial charge in [0.2, 0.25) is 11.1 Å². The molecule has 2 heterocycles. The Labute approximate surface area is 138 Å². The van der Waals surface area contributed by atoms with Crippen LogP contribution in [0.3, 0.4) is 0 Å². The van der Waals surface area contributed by atoms with E-state index < -0.39 is 6.10 Å². The fraction of sp³-hybridized carbons (Fsp3) is 0.400. The molecule has 23 heavy (non-hydrogen) atoms. The van der Waals surface area contributed by atoms with Crippen molar-refractivity contribution in [2.75, 3.05) is 30.9 Å². The number of aliphatic hydroxyl groups is 1. The molecule has 8 heteroatoms. The molecule has 0 aliphatic rings. The lowest BCUT2D eigenvalue weighted by Crippen LogP contribution is -2.18. The van der Waals surface area contributed by atoms with Crippen LogP contribution in [-0.4, -0.2) is 50.8 Å². The first-order chi connectivity index (χ1) is 11.0. The summed E-state index contributed by atoms with van der Waals surface area (Å²) in [5.41, 5.74) is 1.92. The first-order valence-electron chi connectivity index (χ1n) is 7.41. The van der Waals surface area contributed by atoms with E-state index >= 15 is 0 Å². The normalized spacial score (nSPS) is 12.5. The summed E-state index contributed by atoms with van der Waals surface area (Å²) < 4.78 is 6.46. The minimum Gasteiger partial charge on any atom is -0.392 e. The van der Waals surface area contributed by atoms with Crippen LogP contribution in [0.2, 0.25) is 0 Å². The van der Waals surface area contributed by atoms with E-state index in [1.807, 2.05) is 47.8 Å². The Bertz CT molecular complexity index is 794. The van der Waals surface area contributed by atoms with Gasteiger partial charge in [0.25, 0.3) is 0 Å². The molecule has 122 valence electrons. The summed E-state index contributed by atoms with van der Waals surface area (Å²) >= 11 is 1.38. The Morgan fingerprint density at radius 1 is 1.30 bits per heavy atom. The molecule has 2 aromatic heterocycles. The quantitative estimate of drug-likeness (QED) is 0.716. The molecule has 0 spiro atoms. The number of nitrogens with one attached hydrogen (secondary N) is 1. The largest absolute Gasteiger partial charge is 0.392 e. The summed E-state index contributed by atoms with van der Waals surface area (Å²) in [5, 5.41) is 13.6. The molecular weight excluding hydrogens is 312 g/mol. The summed E-state index contributed by atoms with van der Waals surface area (Å²) in [4.78, 5) is 11.1. The number of hydrogen-bond acceptors (Lipinski definition) is 7. The van der Waals surface area contributed by atoms with Crippen molar-refractivity contribution in [3.8, 4) is 0 Å². The van der Waals surface area contributed by atoms with E-state index in [-0.39, 0.29) is 0 Å². The topological polar surface area (TPSA) is 79.1 Å². The Morgan fingerprint density at radius 2 is 2.09 bits per heavy atom. The van der Waals surface area contributed by atoms with Crippen molar-refractivity contribution >= 4 is 33.6 Å². The van der Waals surface area contributed by atoms with E-state index in [0.717, 1.165) is 22.0 Å². The number of para-hydroxylation sites is 2. The van der Waals surface area contributed by atoms with E-state index in [1.54, 1.807) is 6.92 Å². The molecule has 0 saturated heterocycles. The number of hydrogen-bond donors (Lipinski definition) is 2. The standard InChI is InChI=1S/C15H20N6OS/c1-10(22)8-16-14-17-11-6-4-5-7-12(11)21(14)9-13-18-15(20(2)3)23-19-13/h4-7,10,22H,8-9H2,1-3H3,(H,16,17)/t10-/m1/s1. The maximum atomic E-state index is 9.51. The third kappa shape index (κ3) is 3.43. The number of imidazole rings is 1. The van der Waals surface area contributed by atoms with Gasteiger partial charge in [0.15, 0.2) is 5.82 Å². The molecule has 0 saturated carbocycles. The number of benzene rings is 1. The predicted octanol–water partition coefficient (Wildman–Crippen LogP) is 1.79. The van der Waals surface area contributed by atoms with Gasteiger partial charge in [-0.05, 0) is 19.1 Å². The van der Waals surface area contributed by atoms with Gasteiger partial charge in [0.1, 0.15) is 0 Å².